The molecule has 0 radical (unpaired) electrons. The van der Waals surface area contributed by atoms with Gasteiger partial charge in [-0.25, -0.2) is 9.67 Å². The zero-order valence-electron chi connectivity index (χ0n) is 12.2. The maximum Gasteiger partial charge on any atom is 0.153 e. The van der Waals surface area contributed by atoms with Crippen LogP contribution in [0.4, 0.5) is 0 Å². The Labute approximate surface area is 119 Å². The van der Waals surface area contributed by atoms with Crippen LogP contribution in [0, 0.1) is 6.92 Å². The van der Waals surface area contributed by atoms with Crippen LogP contribution in [-0.2, 0) is 0 Å². The Morgan fingerprint density at radius 3 is 2.80 bits per heavy atom. The van der Waals surface area contributed by atoms with Gasteiger partial charge in [0.15, 0.2) is 5.82 Å². The average molecular weight is 274 g/mol. The molecule has 2 heterocycles. The summed E-state index contributed by atoms with van der Waals surface area (Å²) < 4.78 is 1.85. The fourth-order valence-electron chi connectivity index (χ4n) is 2.18. The lowest BCUT2D eigenvalue weighted by atomic mass is 10.1. The molecule has 0 saturated heterocycles. The zero-order valence-corrected chi connectivity index (χ0v) is 12.2. The van der Waals surface area contributed by atoms with E-state index in [-0.39, 0.29) is 12.1 Å². The average Bonchev–Trinajstić information content (AvgIpc) is 2.81. The van der Waals surface area contributed by atoms with E-state index in [1.807, 2.05) is 36.0 Å². The maximum atomic E-state index is 9.28. The summed E-state index contributed by atoms with van der Waals surface area (Å²) in [6, 6.07) is 5.98. The Kier molecular flexibility index (Phi) is 4.87. The summed E-state index contributed by atoms with van der Waals surface area (Å²) in [7, 11) is 0. The second-order valence-electron chi connectivity index (χ2n) is 5.10. The normalized spacial score (nSPS) is 14.2. The first kappa shape index (κ1) is 14.7. The SMILES string of the molecule is Cc1c(C(C)NCCC(C)O)cnn1-c1ccccn1. The van der Waals surface area contributed by atoms with Gasteiger partial charge in [0, 0.05) is 23.5 Å². The fourth-order valence-corrected chi connectivity index (χ4v) is 2.18. The third kappa shape index (κ3) is 3.43. The molecule has 0 aliphatic rings. The molecule has 2 aromatic heterocycles. The highest BCUT2D eigenvalue weighted by Gasteiger charge is 2.14. The highest BCUT2D eigenvalue weighted by Crippen LogP contribution is 2.19. The standard InChI is InChI=1S/C15H22N4O/c1-11(20)7-9-16-12(2)14-10-18-19(13(14)3)15-6-4-5-8-17-15/h4-6,8,10-12,16,20H,7,9H2,1-3H3. The molecule has 0 aliphatic heterocycles. The topological polar surface area (TPSA) is 63.0 Å². The molecule has 2 aromatic rings. The van der Waals surface area contributed by atoms with Crippen LogP contribution in [0.15, 0.2) is 30.6 Å². The van der Waals surface area contributed by atoms with Crippen LogP contribution in [0.5, 0.6) is 0 Å². The Balaban J connectivity index is 2.09. The Hall–Kier alpha value is -1.72. The molecule has 5 nitrogen and oxygen atoms in total. The predicted molar refractivity (Wildman–Crippen MR) is 78.8 cm³/mol. The molecule has 0 fully saturated rings. The summed E-state index contributed by atoms with van der Waals surface area (Å²) in [5.74, 6) is 0.826. The minimum atomic E-state index is -0.271. The van der Waals surface area contributed by atoms with Crippen LogP contribution < -0.4 is 5.32 Å². The van der Waals surface area contributed by atoms with Gasteiger partial charge in [-0.15, -0.1) is 0 Å². The van der Waals surface area contributed by atoms with Gasteiger partial charge in [0.25, 0.3) is 0 Å². The fraction of sp³-hybridized carbons (Fsp3) is 0.467. The Morgan fingerprint density at radius 1 is 1.35 bits per heavy atom. The Bertz CT molecular complexity index is 536. The lowest BCUT2D eigenvalue weighted by Gasteiger charge is -2.14. The molecule has 5 heteroatoms. The lowest BCUT2D eigenvalue weighted by Crippen LogP contribution is -2.23. The number of rotatable bonds is 6. The number of pyridine rings is 1. The van der Waals surface area contributed by atoms with Crippen LogP contribution in [0.3, 0.4) is 0 Å². The van der Waals surface area contributed by atoms with Crippen LogP contribution in [0.2, 0.25) is 0 Å². The highest BCUT2D eigenvalue weighted by atomic mass is 16.3. The van der Waals surface area contributed by atoms with Gasteiger partial charge in [-0.05, 0) is 45.9 Å². The molecule has 0 bridgehead atoms. The molecule has 20 heavy (non-hydrogen) atoms. The molecule has 2 rings (SSSR count). The summed E-state index contributed by atoms with van der Waals surface area (Å²) in [4.78, 5) is 4.31. The first-order chi connectivity index (χ1) is 9.59. The molecular weight excluding hydrogens is 252 g/mol. The third-order valence-corrected chi connectivity index (χ3v) is 3.39. The van der Waals surface area contributed by atoms with Gasteiger partial charge in [-0.1, -0.05) is 6.07 Å². The molecule has 0 aromatic carbocycles. The van der Waals surface area contributed by atoms with E-state index in [0.717, 1.165) is 30.0 Å². The molecule has 108 valence electrons. The molecule has 2 N–H and O–H groups in total. The van der Waals surface area contributed by atoms with Crippen molar-refractivity contribution in [2.75, 3.05) is 6.54 Å². The quantitative estimate of drug-likeness (QED) is 0.845. The number of hydrogen-bond donors (Lipinski definition) is 2. The van der Waals surface area contributed by atoms with Crippen LogP contribution in [-0.4, -0.2) is 32.5 Å². The van der Waals surface area contributed by atoms with Gasteiger partial charge < -0.3 is 10.4 Å². The summed E-state index contributed by atoms with van der Waals surface area (Å²) in [5, 5.41) is 17.1. The molecule has 0 amide bonds. The lowest BCUT2D eigenvalue weighted by molar-refractivity contribution is 0.182. The first-order valence-electron chi connectivity index (χ1n) is 6.97. The van der Waals surface area contributed by atoms with Crippen molar-refractivity contribution in [1.82, 2.24) is 20.1 Å². The van der Waals surface area contributed by atoms with Gasteiger partial charge >= 0.3 is 0 Å². The molecule has 0 saturated carbocycles. The second-order valence-corrected chi connectivity index (χ2v) is 5.10. The van der Waals surface area contributed by atoms with Gasteiger partial charge in [-0.3, -0.25) is 0 Å². The van der Waals surface area contributed by atoms with Crippen molar-refractivity contribution < 1.29 is 5.11 Å². The molecule has 2 unspecified atom stereocenters. The number of nitrogens with zero attached hydrogens (tertiary/aromatic N) is 3. The number of aromatic nitrogens is 3. The van der Waals surface area contributed by atoms with Crippen molar-refractivity contribution in [3.8, 4) is 5.82 Å². The smallest absolute Gasteiger partial charge is 0.153 e. The number of aliphatic hydroxyl groups is 1. The Morgan fingerprint density at radius 2 is 2.15 bits per heavy atom. The summed E-state index contributed by atoms with van der Waals surface area (Å²) in [5.41, 5.74) is 2.24. The zero-order chi connectivity index (χ0) is 14.5. The van der Waals surface area contributed by atoms with Crippen molar-refractivity contribution in [3.05, 3.63) is 41.9 Å². The second kappa shape index (κ2) is 6.63. The van der Waals surface area contributed by atoms with Gasteiger partial charge in [0.05, 0.1) is 12.3 Å². The maximum absolute atomic E-state index is 9.28. The summed E-state index contributed by atoms with van der Waals surface area (Å²) in [6.07, 6.45) is 4.12. The van der Waals surface area contributed by atoms with E-state index < -0.39 is 0 Å². The van der Waals surface area contributed by atoms with Crippen LogP contribution >= 0.6 is 0 Å². The van der Waals surface area contributed by atoms with E-state index in [1.165, 1.54) is 0 Å². The number of nitrogens with one attached hydrogen (secondary N) is 1. The summed E-state index contributed by atoms with van der Waals surface area (Å²) in [6.45, 7) is 6.74. The number of hydrogen-bond acceptors (Lipinski definition) is 4. The monoisotopic (exact) mass is 274 g/mol. The number of aliphatic hydroxyl groups excluding tert-OH is 1. The van der Waals surface area contributed by atoms with Crippen molar-refractivity contribution in [2.24, 2.45) is 0 Å². The van der Waals surface area contributed by atoms with Gasteiger partial charge in [0.1, 0.15) is 0 Å². The predicted octanol–water partition coefficient (Wildman–Crippen LogP) is 2.00. The highest BCUT2D eigenvalue weighted by molar-refractivity contribution is 5.29. The van der Waals surface area contributed by atoms with Crippen LogP contribution in [0.25, 0.3) is 5.82 Å². The van der Waals surface area contributed by atoms with E-state index in [9.17, 15) is 5.11 Å². The van der Waals surface area contributed by atoms with E-state index in [2.05, 4.69) is 22.3 Å². The van der Waals surface area contributed by atoms with Gasteiger partial charge in [-0.2, -0.15) is 5.10 Å². The van der Waals surface area contributed by atoms with Gasteiger partial charge in [0.2, 0.25) is 0 Å². The van der Waals surface area contributed by atoms with E-state index in [4.69, 9.17) is 0 Å². The first-order valence-corrected chi connectivity index (χ1v) is 6.97. The minimum absolute atomic E-state index is 0.200. The largest absolute Gasteiger partial charge is 0.393 e. The van der Waals surface area contributed by atoms with E-state index in [0.29, 0.717) is 0 Å². The van der Waals surface area contributed by atoms with Crippen molar-refractivity contribution >= 4 is 0 Å². The molecular formula is C15H22N4O. The molecule has 0 aliphatic carbocycles. The molecule has 0 spiro atoms. The summed E-state index contributed by atoms with van der Waals surface area (Å²) >= 11 is 0. The van der Waals surface area contributed by atoms with E-state index in [1.54, 1.807) is 13.1 Å². The molecule has 2 atom stereocenters. The third-order valence-electron chi connectivity index (χ3n) is 3.39. The van der Waals surface area contributed by atoms with E-state index >= 15 is 0 Å². The van der Waals surface area contributed by atoms with Crippen molar-refractivity contribution in [3.63, 3.8) is 0 Å². The van der Waals surface area contributed by atoms with Crippen molar-refractivity contribution in [1.29, 1.82) is 0 Å². The van der Waals surface area contributed by atoms with Crippen LogP contribution in [0.1, 0.15) is 37.6 Å². The minimum Gasteiger partial charge on any atom is -0.393 e. The van der Waals surface area contributed by atoms with Crippen molar-refractivity contribution in [2.45, 2.75) is 39.3 Å².